The number of nitrogen functional groups attached to an aromatic ring is 1. The first-order valence-electron chi connectivity index (χ1n) is 4.43. The Morgan fingerprint density at radius 2 is 2.21 bits per heavy atom. The SMILES string of the molecule is Nc1cc(Cl)nn2c(C3CC3)nnc12. The Bertz CT molecular complexity index is 502. The molecule has 6 heteroatoms. The van der Waals surface area contributed by atoms with Crippen LogP contribution in [0.15, 0.2) is 6.07 Å². The zero-order chi connectivity index (χ0) is 9.71. The minimum absolute atomic E-state index is 0.372. The predicted octanol–water partition coefficient (Wildman–Crippen LogP) is 1.24. The van der Waals surface area contributed by atoms with Crippen molar-refractivity contribution in [1.82, 2.24) is 19.8 Å². The first kappa shape index (κ1) is 7.99. The lowest BCUT2D eigenvalue weighted by atomic mass is 10.4. The van der Waals surface area contributed by atoms with Crippen LogP contribution < -0.4 is 5.73 Å². The molecule has 2 N–H and O–H groups in total. The van der Waals surface area contributed by atoms with Crippen LogP contribution in [0.2, 0.25) is 5.15 Å². The number of nitrogens with two attached hydrogens (primary N) is 1. The molecular formula is C8H8ClN5. The molecule has 0 bridgehead atoms. The summed E-state index contributed by atoms with van der Waals surface area (Å²) in [5.74, 6) is 1.35. The molecule has 1 saturated carbocycles. The summed E-state index contributed by atoms with van der Waals surface area (Å²) in [4.78, 5) is 0. The molecule has 0 radical (unpaired) electrons. The Kier molecular flexibility index (Phi) is 1.47. The van der Waals surface area contributed by atoms with E-state index in [1.165, 1.54) is 0 Å². The summed E-state index contributed by atoms with van der Waals surface area (Å²) in [7, 11) is 0. The third-order valence-electron chi connectivity index (χ3n) is 2.34. The molecule has 3 rings (SSSR count). The molecule has 2 aromatic rings. The standard InChI is InChI=1S/C8H8ClN5/c9-6-3-5(10)8-12-11-7(4-1-2-4)14(8)13-6/h3-4H,1-2,10H2. The van der Waals surface area contributed by atoms with Gasteiger partial charge in [-0.1, -0.05) is 11.6 Å². The van der Waals surface area contributed by atoms with Gasteiger partial charge in [0, 0.05) is 12.0 Å². The van der Waals surface area contributed by atoms with Gasteiger partial charge in [0.05, 0.1) is 5.69 Å². The maximum atomic E-state index is 5.81. The van der Waals surface area contributed by atoms with E-state index in [1.54, 1.807) is 10.6 Å². The fraction of sp³-hybridized carbons (Fsp3) is 0.375. The molecule has 2 heterocycles. The second-order valence-corrected chi connectivity index (χ2v) is 3.88. The van der Waals surface area contributed by atoms with Crippen LogP contribution in [0, 0.1) is 0 Å². The zero-order valence-electron chi connectivity index (χ0n) is 7.31. The van der Waals surface area contributed by atoms with Crippen LogP contribution in [0.5, 0.6) is 0 Å². The predicted molar refractivity (Wildman–Crippen MR) is 52.2 cm³/mol. The molecule has 5 nitrogen and oxygen atoms in total. The average Bonchev–Trinajstić information content (AvgIpc) is 2.87. The number of halogens is 1. The van der Waals surface area contributed by atoms with E-state index in [2.05, 4.69) is 15.3 Å². The Hall–Kier alpha value is -1.36. The lowest BCUT2D eigenvalue weighted by molar-refractivity contribution is 0.816. The van der Waals surface area contributed by atoms with E-state index in [1.807, 2.05) is 0 Å². The monoisotopic (exact) mass is 209 g/mol. The second kappa shape index (κ2) is 2.57. The smallest absolute Gasteiger partial charge is 0.200 e. The number of hydrogen-bond donors (Lipinski definition) is 1. The van der Waals surface area contributed by atoms with Crippen LogP contribution in [0.25, 0.3) is 5.65 Å². The van der Waals surface area contributed by atoms with Crippen molar-refractivity contribution in [3.05, 3.63) is 17.0 Å². The maximum Gasteiger partial charge on any atom is 0.200 e. The number of rotatable bonds is 1. The minimum atomic E-state index is 0.372. The zero-order valence-corrected chi connectivity index (χ0v) is 8.07. The van der Waals surface area contributed by atoms with Gasteiger partial charge in [0.15, 0.2) is 11.0 Å². The van der Waals surface area contributed by atoms with E-state index < -0.39 is 0 Å². The van der Waals surface area contributed by atoms with E-state index in [-0.39, 0.29) is 0 Å². The van der Waals surface area contributed by atoms with Crippen molar-refractivity contribution < 1.29 is 0 Å². The van der Waals surface area contributed by atoms with Crippen LogP contribution in [0.4, 0.5) is 5.69 Å². The lowest BCUT2D eigenvalue weighted by Gasteiger charge is -1.98. The van der Waals surface area contributed by atoms with Gasteiger partial charge < -0.3 is 5.73 Å². The first-order valence-corrected chi connectivity index (χ1v) is 4.81. The molecule has 0 atom stereocenters. The van der Waals surface area contributed by atoms with Gasteiger partial charge >= 0.3 is 0 Å². The van der Waals surface area contributed by atoms with E-state index in [0.29, 0.717) is 22.4 Å². The Balaban J connectivity index is 2.33. The lowest BCUT2D eigenvalue weighted by Crippen LogP contribution is -2.00. The number of anilines is 1. The molecule has 72 valence electrons. The van der Waals surface area contributed by atoms with Crippen LogP contribution >= 0.6 is 11.6 Å². The van der Waals surface area contributed by atoms with Gasteiger partial charge in [-0.15, -0.1) is 10.2 Å². The molecule has 0 aromatic carbocycles. The Labute approximate surface area is 84.9 Å². The molecule has 1 fully saturated rings. The van der Waals surface area contributed by atoms with Gasteiger partial charge in [-0.3, -0.25) is 0 Å². The fourth-order valence-electron chi connectivity index (χ4n) is 1.48. The summed E-state index contributed by atoms with van der Waals surface area (Å²) in [6.45, 7) is 0. The van der Waals surface area contributed by atoms with E-state index >= 15 is 0 Å². The van der Waals surface area contributed by atoms with Gasteiger partial charge in [0.25, 0.3) is 0 Å². The van der Waals surface area contributed by atoms with Crippen molar-refractivity contribution in [2.24, 2.45) is 0 Å². The van der Waals surface area contributed by atoms with Gasteiger partial charge in [0.2, 0.25) is 5.65 Å². The molecule has 0 amide bonds. The van der Waals surface area contributed by atoms with Crippen LogP contribution in [-0.2, 0) is 0 Å². The molecule has 14 heavy (non-hydrogen) atoms. The molecule has 0 aliphatic heterocycles. The largest absolute Gasteiger partial charge is 0.396 e. The molecule has 1 aliphatic carbocycles. The molecule has 0 saturated heterocycles. The normalized spacial score (nSPS) is 16.4. The van der Waals surface area contributed by atoms with Crippen molar-refractivity contribution in [2.45, 2.75) is 18.8 Å². The van der Waals surface area contributed by atoms with Crippen molar-refractivity contribution in [1.29, 1.82) is 0 Å². The number of aromatic nitrogens is 4. The van der Waals surface area contributed by atoms with Crippen molar-refractivity contribution >= 4 is 22.9 Å². The van der Waals surface area contributed by atoms with Crippen LogP contribution in [-0.4, -0.2) is 19.8 Å². The fourth-order valence-corrected chi connectivity index (χ4v) is 1.68. The second-order valence-electron chi connectivity index (χ2n) is 3.49. The minimum Gasteiger partial charge on any atom is -0.396 e. The molecule has 2 aromatic heterocycles. The highest BCUT2D eigenvalue weighted by atomic mass is 35.5. The van der Waals surface area contributed by atoms with E-state index in [9.17, 15) is 0 Å². The number of nitrogens with zero attached hydrogens (tertiary/aromatic N) is 4. The summed E-state index contributed by atoms with van der Waals surface area (Å²) in [5.41, 5.74) is 6.85. The number of fused-ring (bicyclic) bond motifs is 1. The van der Waals surface area contributed by atoms with Gasteiger partial charge in [0.1, 0.15) is 0 Å². The highest BCUT2D eigenvalue weighted by Crippen LogP contribution is 2.39. The van der Waals surface area contributed by atoms with Crippen LogP contribution in [0.3, 0.4) is 0 Å². The average molecular weight is 210 g/mol. The van der Waals surface area contributed by atoms with E-state index in [0.717, 1.165) is 18.7 Å². The Morgan fingerprint density at radius 1 is 1.43 bits per heavy atom. The van der Waals surface area contributed by atoms with E-state index in [4.69, 9.17) is 17.3 Å². The van der Waals surface area contributed by atoms with Gasteiger partial charge in [-0.25, -0.2) is 0 Å². The molecule has 1 aliphatic rings. The third kappa shape index (κ3) is 1.05. The molecule has 0 spiro atoms. The highest BCUT2D eigenvalue weighted by molar-refractivity contribution is 6.29. The van der Waals surface area contributed by atoms with Crippen LogP contribution in [0.1, 0.15) is 24.6 Å². The third-order valence-corrected chi connectivity index (χ3v) is 2.52. The molecular weight excluding hydrogens is 202 g/mol. The number of hydrogen-bond acceptors (Lipinski definition) is 4. The summed E-state index contributed by atoms with van der Waals surface area (Å²) in [6, 6.07) is 1.59. The summed E-state index contributed by atoms with van der Waals surface area (Å²) >= 11 is 5.81. The van der Waals surface area contributed by atoms with Gasteiger partial charge in [-0.2, -0.15) is 9.61 Å². The van der Waals surface area contributed by atoms with Gasteiger partial charge in [-0.05, 0) is 12.8 Å². The highest BCUT2D eigenvalue weighted by Gasteiger charge is 2.29. The van der Waals surface area contributed by atoms with Crippen molar-refractivity contribution in [3.63, 3.8) is 0 Å². The maximum absolute atomic E-state index is 5.81. The first-order chi connectivity index (χ1) is 6.75. The van der Waals surface area contributed by atoms with Crippen molar-refractivity contribution in [2.75, 3.05) is 5.73 Å². The Morgan fingerprint density at radius 3 is 2.93 bits per heavy atom. The quantitative estimate of drug-likeness (QED) is 0.767. The summed E-state index contributed by atoms with van der Waals surface area (Å²) in [6.07, 6.45) is 2.30. The topological polar surface area (TPSA) is 69.1 Å². The van der Waals surface area contributed by atoms with Crippen molar-refractivity contribution in [3.8, 4) is 0 Å². The summed E-state index contributed by atoms with van der Waals surface area (Å²) < 4.78 is 1.65. The molecule has 0 unspecified atom stereocenters. The summed E-state index contributed by atoms with van der Waals surface area (Å²) in [5, 5.41) is 12.6.